The van der Waals surface area contributed by atoms with Gasteiger partial charge in [0.1, 0.15) is 5.75 Å². The summed E-state index contributed by atoms with van der Waals surface area (Å²) in [4.78, 5) is 24.9. The molecule has 5 nitrogen and oxygen atoms in total. The first-order valence-corrected chi connectivity index (χ1v) is 7.25. The molecular weight excluding hydrogens is 276 g/mol. The van der Waals surface area contributed by atoms with Crippen LogP contribution < -0.4 is 15.0 Å². The van der Waals surface area contributed by atoms with Crippen LogP contribution in [0.3, 0.4) is 0 Å². The van der Waals surface area contributed by atoms with Gasteiger partial charge in [0.05, 0.1) is 0 Å². The Morgan fingerprint density at radius 1 is 1.45 bits per heavy atom. The monoisotopic (exact) mass is 294 g/mol. The number of carbonyl (C=O) groups excluding carboxylic acids is 2. The Labute approximate surface area is 123 Å². The maximum Gasteiger partial charge on any atom is 0.257 e. The number of rotatable bonds is 6. The molecular formula is C14H18N2O3S. The topological polar surface area (TPSA) is 58.6 Å². The van der Waals surface area contributed by atoms with Gasteiger partial charge in [0.2, 0.25) is 5.91 Å². The number of amides is 2. The molecule has 1 heterocycles. The van der Waals surface area contributed by atoms with Crippen LogP contribution in [0.1, 0.15) is 12.8 Å². The first-order chi connectivity index (χ1) is 9.70. The molecule has 1 aliphatic heterocycles. The Bertz CT molecular complexity index is 493. The number of hydrogen-bond donors (Lipinski definition) is 2. The summed E-state index contributed by atoms with van der Waals surface area (Å²) in [5.41, 5.74) is 0.820. The number of carbonyl (C=O) groups is 2. The van der Waals surface area contributed by atoms with Crippen molar-refractivity contribution in [3.8, 4) is 5.75 Å². The number of nitrogens with zero attached hydrogens (tertiary/aromatic N) is 1. The molecule has 2 rings (SSSR count). The number of ether oxygens (including phenoxy) is 1. The molecule has 1 aromatic rings. The van der Waals surface area contributed by atoms with Crippen molar-refractivity contribution >= 4 is 30.1 Å². The molecule has 1 saturated heterocycles. The van der Waals surface area contributed by atoms with Crippen molar-refractivity contribution in [1.29, 1.82) is 0 Å². The second-order valence-electron chi connectivity index (χ2n) is 4.51. The highest BCUT2D eigenvalue weighted by Crippen LogP contribution is 2.25. The SMILES string of the molecule is O=C(COc1cccc(N2CCCC2=O)c1)NCCS. The average molecular weight is 294 g/mol. The van der Waals surface area contributed by atoms with Crippen LogP contribution in [-0.2, 0) is 9.59 Å². The quantitative estimate of drug-likeness (QED) is 0.776. The zero-order valence-electron chi connectivity index (χ0n) is 11.2. The lowest BCUT2D eigenvalue weighted by molar-refractivity contribution is -0.123. The number of hydrogen-bond acceptors (Lipinski definition) is 4. The number of benzene rings is 1. The van der Waals surface area contributed by atoms with Crippen LogP contribution >= 0.6 is 12.6 Å². The van der Waals surface area contributed by atoms with E-state index in [2.05, 4.69) is 17.9 Å². The van der Waals surface area contributed by atoms with Crippen molar-refractivity contribution in [2.45, 2.75) is 12.8 Å². The first kappa shape index (κ1) is 14.7. The second kappa shape index (κ2) is 7.19. The van der Waals surface area contributed by atoms with Crippen LogP contribution in [0.5, 0.6) is 5.75 Å². The van der Waals surface area contributed by atoms with Crippen molar-refractivity contribution in [1.82, 2.24) is 5.32 Å². The van der Waals surface area contributed by atoms with E-state index in [1.165, 1.54) is 0 Å². The van der Waals surface area contributed by atoms with Gasteiger partial charge in [0, 0.05) is 37.0 Å². The van der Waals surface area contributed by atoms with E-state index >= 15 is 0 Å². The highest BCUT2D eigenvalue weighted by Gasteiger charge is 2.21. The fourth-order valence-corrected chi connectivity index (χ4v) is 2.17. The fraction of sp³-hybridized carbons (Fsp3) is 0.429. The standard InChI is InChI=1S/C14H18N2O3S/c17-13(15-6-8-20)10-19-12-4-1-3-11(9-12)16-7-2-5-14(16)18/h1,3-4,9,20H,2,5-8,10H2,(H,15,17). The molecule has 1 aromatic carbocycles. The van der Waals surface area contributed by atoms with Crippen molar-refractivity contribution in [3.05, 3.63) is 24.3 Å². The van der Waals surface area contributed by atoms with E-state index in [-0.39, 0.29) is 18.4 Å². The molecule has 0 unspecified atom stereocenters. The molecule has 1 N–H and O–H groups in total. The largest absolute Gasteiger partial charge is 0.484 e. The molecule has 6 heteroatoms. The van der Waals surface area contributed by atoms with Gasteiger partial charge in [-0.05, 0) is 18.6 Å². The zero-order chi connectivity index (χ0) is 14.4. The van der Waals surface area contributed by atoms with Crippen molar-refractivity contribution < 1.29 is 14.3 Å². The third-order valence-corrected chi connectivity index (χ3v) is 3.23. The van der Waals surface area contributed by atoms with Crippen LogP contribution in [0.15, 0.2) is 24.3 Å². The summed E-state index contributed by atoms with van der Waals surface area (Å²) < 4.78 is 5.43. The summed E-state index contributed by atoms with van der Waals surface area (Å²) in [7, 11) is 0. The molecule has 0 spiro atoms. The Hall–Kier alpha value is -1.69. The Kier molecular flexibility index (Phi) is 5.29. The van der Waals surface area contributed by atoms with E-state index in [1.54, 1.807) is 17.0 Å². The van der Waals surface area contributed by atoms with E-state index in [9.17, 15) is 9.59 Å². The van der Waals surface area contributed by atoms with Gasteiger partial charge in [0.15, 0.2) is 6.61 Å². The molecule has 0 aromatic heterocycles. The van der Waals surface area contributed by atoms with E-state index < -0.39 is 0 Å². The minimum Gasteiger partial charge on any atom is -0.484 e. The smallest absolute Gasteiger partial charge is 0.257 e. The van der Waals surface area contributed by atoms with Gasteiger partial charge >= 0.3 is 0 Å². The normalized spacial score (nSPS) is 14.4. The average Bonchev–Trinajstić information content (AvgIpc) is 2.89. The van der Waals surface area contributed by atoms with Crippen LogP contribution in [0.2, 0.25) is 0 Å². The summed E-state index contributed by atoms with van der Waals surface area (Å²) >= 11 is 4.01. The van der Waals surface area contributed by atoms with E-state index in [4.69, 9.17) is 4.74 Å². The lowest BCUT2D eigenvalue weighted by Gasteiger charge is -2.16. The van der Waals surface area contributed by atoms with Gasteiger partial charge in [-0.2, -0.15) is 12.6 Å². The molecule has 0 radical (unpaired) electrons. The van der Waals surface area contributed by atoms with Crippen LogP contribution in [0.4, 0.5) is 5.69 Å². The predicted molar refractivity (Wildman–Crippen MR) is 80.4 cm³/mol. The molecule has 20 heavy (non-hydrogen) atoms. The second-order valence-corrected chi connectivity index (χ2v) is 4.96. The summed E-state index contributed by atoms with van der Waals surface area (Å²) in [5, 5.41) is 2.67. The molecule has 0 bridgehead atoms. The Morgan fingerprint density at radius 2 is 2.30 bits per heavy atom. The van der Waals surface area contributed by atoms with Crippen molar-refractivity contribution in [2.75, 3.05) is 30.3 Å². The highest BCUT2D eigenvalue weighted by atomic mass is 32.1. The molecule has 1 aliphatic rings. The van der Waals surface area contributed by atoms with Gasteiger partial charge in [-0.1, -0.05) is 6.07 Å². The molecule has 0 aliphatic carbocycles. The van der Waals surface area contributed by atoms with Crippen molar-refractivity contribution in [2.24, 2.45) is 0 Å². The third-order valence-electron chi connectivity index (χ3n) is 3.01. The molecule has 0 saturated carbocycles. The van der Waals surface area contributed by atoms with Crippen molar-refractivity contribution in [3.63, 3.8) is 0 Å². The van der Waals surface area contributed by atoms with E-state index in [0.29, 0.717) is 24.5 Å². The van der Waals surface area contributed by atoms with Gasteiger partial charge in [-0.25, -0.2) is 0 Å². The molecule has 1 fully saturated rings. The third kappa shape index (κ3) is 3.90. The van der Waals surface area contributed by atoms with Crippen LogP contribution in [-0.4, -0.2) is 37.3 Å². The van der Waals surface area contributed by atoms with Gasteiger partial charge in [-0.3, -0.25) is 9.59 Å². The summed E-state index contributed by atoms with van der Waals surface area (Å²) in [6.07, 6.45) is 1.48. The van der Waals surface area contributed by atoms with Gasteiger partial charge in [0.25, 0.3) is 5.91 Å². The Balaban J connectivity index is 1.92. The number of nitrogens with one attached hydrogen (secondary N) is 1. The van der Waals surface area contributed by atoms with Gasteiger partial charge < -0.3 is 15.0 Å². The zero-order valence-corrected chi connectivity index (χ0v) is 12.1. The van der Waals surface area contributed by atoms with E-state index in [1.807, 2.05) is 12.1 Å². The predicted octanol–water partition coefficient (Wildman–Crippen LogP) is 1.24. The minimum atomic E-state index is -0.179. The lowest BCUT2D eigenvalue weighted by Crippen LogP contribution is -2.30. The summed E-state index contributed by atoms with van der Waals surface area (Å²) in [6.45, 7) is 1.23. The maximum atomic E-state index is 11.7. The Morgan fingerprint density at radius 3 is 3.00 bits per heavy atom. The highest BCUT2D eigenvalue weighted by molar-refractivity contribution is 7.80. The minimum absolute atomic E-state index is 0.0365. The van der Waals surface area contributed by atoms with Gasteiger partial charge in [-0.15, -0.1) is 0 Å². The number of anilines is 1. The van der Waals surface area contributed by atoms with Crippen LogP contribution in [0.25, 0.3) is 0 Å². The lowest BCUT2D eigenvalue weighted by atomic mass is 10.3. The van der Waals surface area contributed by atoms with E-state index in [0.717, 1.165) is 18.7 Å². The van der Waals surface area contributed by atoms with Crippen LogP contribution in [0, 0.1) is 0 Å². The molecule has 0 atom stereocenters. The fourth-order valence-electron chi connectivity index (χ4n) is 2.06. The molecule has 2 amide bonds. The molecule has 108 valence electrons. The summed E-state index contributed by atoms with van der Waals surface area (Å²) in [5.74, 6) is 1.14. The first-order valence-electron chi connectivity index (χ1n) is 6.61. The summed E-state index contributed by atoms with van der Waals surface area (Å²) in [6, 6.07) is 7.25. The number of thiol groups is 1. The maximum absolute atomic E-state index is 11.7.